The van der Waals surface area contributed by atoms with Gasteiger partial charge in [-0.15, -0.1) is 0 Å². The van der Waals surface area contributed by atoms with E-state index in [2.05, 4.69) is 30.7 Å². The Balaban J connectivity index is 1.12. The van der Waals surface area contributed by atoms with Crippen LogP contribution < -0.4 is 11.1 Å². The lowest BCUT2D eigenvalue weighted by atomic mass is 10.0. The van der Waals surface area contributed by atoms with Gasteiger partial charge in [0.15, 0.2) is 11.5 Å². The summed E-state index contributed by atoms with van der Waals surface area (Å²) in [5, 5.41) is 20.9. The Morgan fingerprint density at radius 2 is 1.85 bits per heavy atom. The number of nitrogens with zero attached hydrogens (tertiary/aromatic N) is 8. The number of hydrogen-bond donors (Lipinski definition) is 2. The number of benzene rings is 2. The Hall–Kier alpha value is -5.76. The van der Waals surface area contributed by atoms with Gasteiger partial charge < -0.3 is 16.0 Å². The number of aromatic nitrogens is 7. The number of pyridine rings is 1. The fraction of sp³-hybridized carbons (Fsp3) is 0.161. The number of amides is 3. The van der Waals surface area contributed by atoms with Crippen LogP contribution in [0.15, 0.2) is 79.4 Å². The molecule has 5 heterocycles. The fourth-order valence-electron chi connectivity index (χ4n) is 5.65. The molecule has 2 atom stereocenters. The molecule has 0 saturated carbocycles. The molecule has 0 spiro atoms. The maximum absolute atomic E-state index is 14.7. The monoisotopic (exact) mass is 638 g/mol. The molecule has 2 unspecified atom stereocenters. The number of carbonyl (C=O) groups excluding carboxylic acids is 3. The van der Waals surface area contributed by atoms with Crippen molar-refractivity contribution in [2.75, 3.05) is 11.9 Å². The Morgan fingerprint density at radius 3 is 2.61 bits per heavy atom. The summed E-state index contributed by atoms with van der Waals surface area (Å²) in [5.74, 6) is -1.31. The zero-order chi connectivity index (χ0) is 31.9. The number of halogens is 2. The van der Waals surface area contributed by atoms with E-state index in [4.69, 9.17) is 17.3 Å². The van der Waals surface area contributed by atoms with Gasteiger partial charge in [-0.2, -0.15) is 20.4 Å². The van der Waals surface area contributed by atoms with Crippen LogP contribution in [0.2, 0.25) is 5.02 Å². The zero-order valence-corrected chi connectivity index (χ0v) is 24.7. The van der Waals surface area contributed by atoms with E-state index in [0.29, 0.717) is 32.9 Å². The van der Waals surface area contributed by atoms with Crippen LogP contribution in [0, 0.1) is 0 Å². The molecule has 0 aliphatic carbocycles. The lowest BCUT2D eigenvalue weighted by molar-refractivity contribution is -0.137. The summed E-state index contributed by atoms with van der Waals surface area (Å²) in [6.45, 7) is -0.596. The third kappa shape index (κ3) is 5.38. The fourth-order valence-corrected chi connectivity index (χ4v) is 5.76. The number of anilines is 1. The lowest BCUT2D eigenvalue weighted by Gasteiger charge is -2.23. The molecule has 1 aliphatic rings. The Kier molecular flexibility index (Phi) is 7.33. The topological polar surface area (TPSA) is 167 Å². The van der Waals surface area contributed by atoms with E-state index in [1.807, 2.05) is 0 Å². The van der Waals surface area contributed by atoms with Crippen LogP contribution in [-0.2, 0) is 16.1 Å². The molecule has 1 aliphatic heterocycles. The van der Waals surface area contributed by atoms with Gasteiger partial charge in [-0.05, 0) is 54.1 Å². The van der Waals surface area contributed by atoms with Gasteiger partial charge in [0.1, 0.15) is 18.8 Å². The number of nitrogens with one attached hydrogen (secondary N) is 1. The van der Waals surface area contributed by atoms with Crippen molar-refractivity contribution >= 4 is 56.8 Å². The average Bonchev–Trinajstić information content (AvgIpc) is 3.77. The summed E-state index contributed by atoms with van der Waals surface area (Å²) >= 11 is 5.97. The summed E-state index contributed by atoms with van der Waals surface area (Å²) in [4.78, 5) is 44.8. The molecule has 3 amide bonds. The van der Waals surface area contributed by atoms with E-state index < -0.39 is 29.9 Å². The number of primary amides is 1. The quantitative estimate of drug-likeness (QED) is 0.268. The molecule has 1 fully saturated rings. The van der Waals surface area contributed by atoms with Crippen LogP contribution in [0.1, 0.15) is 16.9 Å². The normalized spacial score (nSPS) is 16.3. The highest BCUT2D eigenvalue weighted by molar-refractivity contribution is 6.30. The van der Waals surface area contributed by atoms with E-state index in [-0.39, 0.29) is 25.2 Å². The van der Waals surface area contributed by atoms with Gasteiger partial charge in [0.25, 0.3) is 5.91 Å². The van der Waals surface area contributed by atoms with Gasteiger partial charge in [0, 0.05) is 34.6 Å². The number of carbonyl (C=O) groups is 3. The van der Waals surface area contributed by atoms with Crippen molar-refractivity contribution in [2.24, 2.45) is 5.73 Å². The van der Waals surface area contributed by atoms with Crippen LogP contribution in [0.4, 0.5) is 10.1 Å². The molecule has 13 nitrogen and oxygen atoms in total. The van der Waals surface area contributed by atoms with Crippen LogP contribution in [0.5, 0.6) is 0 Å². The highest BCUT2D eigenvalue weighted by Gasteiger charge is 2.40. The lowest BCUT2D eigenvalue weighted by Crippen LogP contribution is -2.44. The standard InChI is InChI=1S/C31H24ClFN10O3/c32-20-3-6-27(35-14-20)43-25-11-22(4-1-19(25)13-38-43)39-31(46)26-10-21(33)15-41(26)28(44)16-42-24-5-2-17(18-7-8-36-37-12-18)9-23(24)29(40-42)30(34)45/h1-9,11-14,21,26H,10,15-16H2,(H2,34,45)(H,39,46). The molecule has 2 aromatic carbocycles. The second-order valence-corrected chi connectivity index (χ2v) is 11.2. The third-order valence-corrected chi connectivity index (χ3v) is 8.05. The SMILES string of the molecule is NC(=O)c1nn(CC(=O)N2CC(F)CC2C(=O)Nc2ccc3cnn(-c4ccc(Cl)cn4)c3c2)c2ccc(-c3ccnnc3)cc12. The number of alkyl halides is 1. The second-order valence-electron chi connectivity index (χ2n) is 10.8. The van der Waals surface area contributed by atoms with Crippen LogP contribution in [-0.4, -0.2) is 76.1 Å². The van der Waals surface area contributed by atoms with Gasteiger partial charge in [0.05, 0.1) is 41.2 Å². The number of rotatable bonds is 7. The minimum atomic E-state index is -1.40. The Bertz CT molecular complexity index is 2130. The summed E-state index contributed by atoms with van der Waals surface area (Å²) in [7, 11) is 0. The van der Waals surface area contributed by atoms with E-state index in [0.717, 1.165) is 16.5 Å². The van der Waals surface area contributed by atoms with Crippen LogP contribution in [0.3, 0.4) is 0 Å². The van der Waals surface area contributed by atoms with Crippen molar-refractivity contribution < 1.29 is 18.8 Å². The predicted octanol–water partition coefficient (Wildman–Crippen LogP) is 3.56. The second kappa shape index (κ2) is 11.6. The number of hydrogen-bond acceptors (Lipinski definition) is 8. The first kappa shape index (κ1) is 29.0. The number of likely N-dealkylation sites (tertiary alicyclic amines) is 1. The molecule has 3 N–H and O–H groups in total. The van der Waals surface area contributed by atoms with E-state index in [1.54, 1.807) is 77.9 Å². The van der Waals surface area contributed by atoms with Crippen molar-refractivity contribution in [1.82, 2.24) is 39.6 Å². The molecular formula is C31H24ClFN10O3. The summed E-state index contributed by atoms with van der Waals surface area (Å²) in [5.41, 5.74) is 8.70. The maximum atomic E-state index is 14.7. The molecule has 15 heteroatoms. The van der Waals surface area contributed by atoms with Crippen molar-refractivity contribution in [3.8, 4) is 16.9 Å². The number of fused-ring (bicyclic) bond motifs is 2. The molecular weight excluding hydrogens is 615 g/mol. The maximum Gasteiger partial charge on any atom is 0.269 e. The molecule has 0 bridgehead atoms. The highest BCUT2D eigenvalue weighted by atomic mass is 35.5. The van der Waals surface area contributed by atoms with Crippen molar-refractivity contribution in [3.63, 3.8) is 0 Å². The average molecular weight is 639 g/mol. The van der Waals surface area contributed by atoms with Gasteiger partial charge >= 0.3 is 0 Å². The van der Waals surface area contributed by atoms with Gasteiger partial charge in [-0.1, -0.05) is 17.7 Å². The first-order valence-electron chi connectivity index (χ1n) is 14.2. The molecule has 6 aromatic rings. The van der Waals surface area contributed by atoms with E-state index in [9.17, 15) is 18.8 Å². The van der Waals surface area contributed by atoms with E-state index >= 15 is 0 Å². The zero-order valence-electron chi connectivity index (χ0n) is 23.9. The molecule has 0 radical (unpaired) electrons. The summed E-state index contributed by atoms with van der Waals surface area (Å²) in [6, 6.07) is 14.6. The van der Waals surface area contributed by atoms with Gasteiger partial charge in [-0.25, -0.2) is 14.1 Å². The van der Waals surface area contributed by atoms with E-state index in [1.165, 1.54) is 15.8 Å². The predicted molar refractivity (Wildman–Crippen MR) is 167 cm³/mol. The molecule has 4 aromatic heterocycles. The van der Waals surface area contributed by atoms with Crippen LogP contribution in [0.25, 0.3) is 38.8 Å². The van der Waals surface area contributed by atoms with Crippen molar-refractivity contribution in [2.45, 2.75) is 25.2 Å². The number of nitrogens with two attached hydrogens (primary N) is 1. The Labute approximate surface area is 264 Å². The van der Waals surface area contributed by atoms with Crippen molar-refractivity contribution in [1.29, 1.82) is 0 Å². The first-order valence-corrected chi connectivity index (χ1v) is 14.5. The highest BCUT2D eigenvalue weighted by Crippen LogP contribution is 2.28. The van der Waals surface area contributed by atoms with Gasteiger partial charge in [0.2, 0.25) is 11.8 Å². The molecule has 1 saturated heterocycles. The van der Waals surface area contributed by atoms with Crippen LogP contribution >= 0.6 is 11.6 Å². The minimum absolute atomic E-state index is 0.0193. The Morgan fingerprint density at radius 1 is 0.978 bits per heavy atom. The third-order valence-electron chi connectivity index (χ3n) is 7.83. The molecule has 230 valence electrons. The van der Waals surface area contributed by atoms with Gasteiger partial charge in [-0.3, -0.25) is 19.1 Å². The largest absolute Gasteiger partial charge is 0.364 e. The summed E-state index contributed by atoms with van der Waals surface area (Å²) in [6.07, 6.45) is 4.74. The minimum Gasteiger partial charge on any atom is -0.364 e. The van der Waals surface area contributed by atoms with Crippen molar-refractivity contribution in [3.05, 3.63) is 90.1 Å². The molecule has 46 heavy (non-hydrogen) atoms. The molecule has 7 rings (SSSR count). The first-order chi connectivity index (χ1) is 22.2. The smallest absolute Gasteiger partial charge is 0.269 e. The summed E-state index contributed by atoms with van der Waals surface area (Å²) < 4.78 is 17.7.